The molecule has 0 aliphatic carbocycles. The Bertz CT molecular complexity index is 525. The summed E-state index contributed by atoms with van der Waals surface area (Å²) < 4.78 is 0. The lowest BCUT2D eigenvalue weighted by atomic mass is 9.98. The number of aryl methyl sites for hydroxylation is 1. The van der Waals surface area contributed by atoms with Crippen LogP contribution in [0.2, 0.25) is 0 Å². The van der Waals surface area contributed by atoms with Crippen LogP contribution in [-0.2, 0) is 6.54 Å². The molecule has 1 unspecified atom stereocenters. The first-order valence-corrected chi connectivity index (χ1v) is 8.48. The first-order chi connectivity index (χ1) is 10.6. The van der Waals surface area contributed by atoms with Crippen LogP contribution < -0.4 is 5.32 Å². The molecule has 1 aromatic rings. The lowest BCUT2D eigenvalue weighted by Crippen LogP contribution is -2.64. The molecule has 2 saturated heterocycles. The van der Waals surface area contributed by atoms with Gasteiger partial charge in [-0.15, -0.1) is 0 Å². The van der Waals surface area contributed by atoms with E-state index in [1.54, 1.807) is 0 Å². The Morgan fingerprint density at radius 2 is 2.05 bits per heavy atom. The van der Waals surface area contributed by atoms with Crippen LogP contribution in [0, 0.1) is 6.92 Å². The molecule has 0 bridgehead atoms. The van der Waals surface area contributed by atoms with Gasteiger partial charge in [0.2, 0.25) is 0 Å². The lowest BCUT2D eigenvalue weighted by Gasteiger charge is -2.49. The van der Waals surface area contributed by atoms with Gasteiger partial charge < -0.3 is 10.2 Å². The number of carbonyl (C=O) groups is 1. The molecule has 0 aromatic heterocycles. The number of urea groups is 1. The average Bonchev–Trinajstić information content (AvgIpc) is 2.47. The summed E-state index contributed by atoms with van der Waals surface area (Å²) in [5, 5.41) is 3.04. The van der Waals surface area contributed by atoms with Gasteiger partial charge in [0.1, 0.15) is 0 Å². The highest BCUT2D eigenvalue weighted by Gasteiger charge is 2.37. The third kappa shape index (κ3) is 3.27. The topological polar surface area (TPSA) is 35.6 Å². The van der Waals surface area contributed by atoms with E-state index in [1.807, 2.05) is 17.0 Å². The van der Waals surface area contributed by atoms with Crippen molar-refractivity contribution in [1.82, 2.24) is 15.1 Å². The van der Waals surface area contributed by atoms with Crippen molar-refractivity contribution in [1.29, 1.82) is 0 Å². The summed E-state index contributed by atoms with van der Waals surface area (Å²) in [6.07, 6.45) is 3.96. The second kappa shape index (κ2) is 6.69. The maximum absolute atomic E-state index is 12.2. The Balaban J connectivity index is 1.44. The van der Waals surface area contributed by atoms with E-state index < -0.39 is 0 Å². The molecule has 22 heavy (non-hydrogen) atoms. The zero-order valence-corrected chi connectivity index (χ0v) is 13.7. The van der Waals surface area contributed by atoms with Gasteiger partial charge in [0.15, 0.2) is 0 Å². The maximum atomic E-state index is 12.2. The monoisotopic (exact) mass is 301 g/mol. The smallest absolute Gasteiger partial charge is 0.317 e. The number of nitrogens with one attached hydrogen (secondary N) is 1. The second-order valence-electron chi connectivity index (χ2n) is 6.73. The Morgan fingerprint density at radius 1 is 1.27 bits per heavy atom. The molecule has 4 nitrogen and oxygen atoms in total. The highest BCUT2D eigenvalue weighted by Crippen LogP contribution is 2.24. The van der Waals surface area contributed by atoms with Gasteiger partial charge in [-0.1, -0.05) is 30.7 Å². The van der Waals surface area contributed by atoms with Crippen LogP contribution in [0.3, 0.4) is 0 Å². The van der Waals surface area contributed by atoms with Gasteiger partial charge in [-0.2, -0.15) is 0 Å². The number of hydrogen-bond donors (Lipinski definition) is 1. The van der Waals surface area contributed by atoms with E-state index in [-0.39, 0.29) is 6.03 Å². The van der Waals surface area contributed by atoms with E-state index in [1.165, 1.54) is 36.9 Å². The highest BCUT2D eigenvalue weighted by molar-refractivity contribution is 5.75. The number of likely N-dealkylation sites (tertiary alicyclic amines) is 2. The number of piperidine rings is 1. The summed E-state index contributed by atoms with van der Waals surface area (Å²) in [7, 11) is 0. The van der Waals surface area contributed by atoms with Gasteiger partial charge in [-0.05, 0) is 44.4 Å². The van der Waals surface area contributed by atoms with Gasteiger partial charge >= 0.3 is 6.03 Å². The number of amides is 2. The van der Waals surface area contributed by atoms with Crippen LogP contribution >= 0.6 is 0 Å². The molecule has 2 aliphatic heterocycles. The molecular formula is C18H27N3O. The van der Waals surface area contributed by atoms with Crippen molar-refractivity contribution in [3.63, 3.8) is 0 Å². The summed E-state index contributed by atoms with van der Waals surface area (Å²) in [5.74, 6) is 0. The van der Waals surface area contributed by atoms with Gasteiger partial charge in [0.05, 0.1) is 0 Å². The number of carbonyl (C=O) groups excluding carboxylic acids is 1. The number of nitrogens with zero attached hydrogens (tertiary/aromatic N) is 2. The van der Waals surface area contributed by atoms with E-state index in [2.05, 4.69) is 36.2 Å². The largest absolute Gasteiger partial charge is 0.334 e. The molecule has 0 radical (unpaired) electrons. The summed E-state index contributed by atoms with van der Waals surface area (Å²) in [6, 6.07) is 9.52. The van der Waals surface area contributed by atoms with E-state index >= 15 is 0 Å². The number of benzene rings is 1. The first-order valence-electron chi connectivity index (χ1n) is 8.48. The van der Waals surface area contributed by atoms with Crippen molar-refractivity contribution in [3.05, 3.63) is 35.4 Å². The maximum Gasteiger partial charge on any atom is 0.317 e. The van der Waals surface area contributed by atoms with Crippen molar-refractivity contribution in [2.24, 2.45) is 0 Å². The highest BCUT2D eigenvalue weighted by atomic mass is 16.2. The zero-order valence-electron chi connectivity index (χ0n) is 13.7. The second-order valence-corrected chi connectivity index (χ2v) is 6.73. The van der Waals surface area contributed by atoms with Crippen LogP contribution in [0.4, 0.5) is 4.79 Å². The SMILES string of the molecule is Cc1ccccc1CNC(=O)N1CC(N2CCCCC2C)C1. The molecule has 1 N–H and O–H groups in total. The Kier molecular flexibility index (Phi) is 4.67. The van der Waals surface area contributed by atoms with E-state index in [0.29, 0.717) is 18.6 Å². The molecule has 2 aliphatic rings. The molecule has 2 heterocycles. The van der Waals surface area contributed by atoms with Crippen molar-refractivity contribution in [2.45, 2.75) is 51.7 Å². The summed E-state index contributed by atoms with van der Waals surface area (Å²) >= 11 is 0. The first kappa shape index (κ1) is 15.3. The van der Waals surface area contributed by atoms with Crippen molar-refractivity contribution >= 4 is 6.03 Å². The molecule has 120 valence electrons. The predicted octanol–water partition coefficient (Wildman–Crippen LogP) is 2.76. The van der Waals surface area contributed by atoms with Crippen LogP contribution in [0.5, 0.6) is 0 Å². The minimum Gasteiger partial charge on any atom is -0.334 e. The van der Waals surface area contributed by atoms with Crippen molar-refractivity contribution in [3.8, 4) is 0 Å². The Labute approximate surface area is 133 Å². The molecule has 0 saturated carbocycles. The third-order valence-corrected chi connectivity index (χ3v) is 5.16. The standard InChI is InChI=1S/C18H27N3O/c1-14-7-3-4-9-16(14)11-19-18(22)20-12-17(13-20)21-10-6-5-8-15(21)2/h3-4,7,9,15,17H,5-6,8,10-13H2,1-2H3,(H,19,22). The van der Waals surface area contributed by atoms with E-state index in [4.69, 9.17) is 0 Å². The Hall–Kier alpha value is -1.55. The molecule has 2 amide bonds. The summed E-state index contributed by atoms with van der Waals surface area (Å²) in [4.78, 5) is 16.7. The third-order valence-electron chi connectivity index (χ3n) is 5.16. The summed E-state index contributed by atoms with van der Waals surface area (Å²) in [5.41, 5.74) is 2.42. The molecule has 3 rings (SSSR count). The number of hydrogen-bond acceptors (Lipinski definition) is 2. The molecule has 2 fully saturated rings. The minimum atomic E-state index is 0.0733. The lowest BCUT2D eigenvalue weighted by molar-refractivity contribution is 0.0169. The summed E-state index contributed by atoms with van der Waals surface area (Å²) in [6.45, 7) is 7.98. The van der Waals surface area contributed by atoms with E-state index in [9.17, 15) is 4.79 Å². The fraction of sp³-hybridized carbons (Fsp3) is 0.611. The number of rotatable bonds is 3. The van der Waals surface area contributed by atoms with Crippen LogP contribution in [0.1, 0.15) is 37.3 Å². The predicted molar refractivity (Wildman–Crippen MR) is 88.8 cm³/mol. The fourth-order valence-corrected chi connectivity index (χ4v) is 3.58. The molecule has 1 atom stereocenters. The normalized spacial score (nSPS) is 23.2. The van der Waals surface area contributed by atoms with Gasteiger partial charge in [-0.25, -0.2) is 4.79 Å². The molecular weight excluding hydrogens is 274 g/mol. The molecule has 4 heteroatoms. The fourth-order valence-electron chi connectivity index (χ4n) is 3.58. The van der Waals surface area contributed by atoms with Crippen LogP contribution in [0.25, 0.3) is 0 Å². The minimum absolute atomic E-state index is 0.0733. The van der Waals surface area contributed by atoms with Crippen LogP contribution in [0.15, 0.2) is 24.3 Å². The van der Waals surface area contributed by atoms with Gasteiger partial charge in [0, 0.05) is 31.7 Å². The van der Waals surface area contributed by atoms with Crippen molar-refractivity contribution in [2.75, 3.05) is 19.6 Å². The van der Waals surface area contributed by atoms with Crippen LogP contribution in [-0.4, -0.2) is 47.5 Å². The average molecular weight is 301 g/mol. The zero-order chi connectivity index (χ0) is 15.5. The van der Waals surface area contributed by atoms with E-state index in [0.717, 1.165) is 13.1 Å². The quantitative estimate of drug-likeness (QED) is 0.932. The van der Waals surface area contributed by atoms with Gasteiger partial charge in [-0.3, -0.25) is 4.90 Å². The Morgan fingerprint density at radius 3 is 2.77 bits per heavy atom. The molecule has 0 spiro atoms. The van der Waals surface area contributed by atoms with Gasteiger partial charge in [0.25, 0.3) is 0 Å². The molecule has 1 aromatic carbocycles. The van der Waals surface area contributed by atoms with Crippen molar-refractivity contribution < 1.29 is 4.79 Å².